The number of hydrogen-bond donors (Lipinski definition) is 4. The minimum atomic E-state index is -0.654. The van der Waals surface area contributed by atoms with Gasteiger partial charge in [-0.05, 0) is 37.5 Å². The van der Waals surface area contributed by atoms with E-state index in [1.54, 1.807) is 22.9 Å². The second-order valence-corrected chi connectivity index (χ2v) is 7.80. The van der Waals surface area contributed by atoms with Crippen molar-refractivity contribution in [3.63, 3.8) is 0 Å². The third-order valence-corrected chi connectivity index (χ3v) is 5.85. The maximum absolute atomic E-state index is 13.9. The molecule has 2 aromatic heterocycles. The largest absolute Gasteiger partial charge is 0.394 e. The lowest BCUT2D eigenvalue weighted by Crippen LogP contribution is -2.48. The number of anilines is 2. The van der Waals surface area contributed by atoms with Crippen molar-refractivity contribution in [2.75, 3.05) is 17.2 Å². The molecule has 1 aliphatic carbocycles. The van der Waals surface area contributed by atoms with E-state index in [0.717, 1.165) is 25.5 Å². The summed E-state index contributed by atoms with van der Waals surface area (Å²) in [6.07, 6.45) is 6.90. The molecule has 0 radical (unpaired) electrons. The maximum atomic E-state index is 13.9. The fourth-order valence-corrected chi connectivity index (χ4v) is 3.83. The number of aromatic nitrogens is 2. The first kappa shape index (κ1) is 21.5. The summed E-state index contributed by atoms with van der Waals surface area (Å²) in [5, 5.41) is 33.4. The van der Waals surface area contributed by atoms with Gasteiger partial charge in [-0.1, -0.05) is 6.07 Å². The van der Waals surface area contributed by atoms with Crippen LogP contribution in [-0.4, -0.2) is 33.0 Å². The second-order valence-electron chi connectivity index (χ2n) is 7.80. The topological polar surface area (TPSA) is 110 Å². The fourth-order valence-electron chi connectivity index (χ4n) is 3.83. The van der Waals surface area contributed by atoms with Crippen LogP contribution in [0.2, 0.25) is 0 Å². The molecule has 0 saturated heterocycles. The molecule has 164 valence electrons. The minimum Gasteiger partial charge on any atom is -0.394 e. The SMILES string of the molecule is N#Cc1cnc(NC2(CO)CCC2)cc1-n1ccc(NCc2c(F)cccc2F)c1C=N. The highest BCUT2D eigenvalue weighted by molar-refractivity contribution is 5.85. The number of aliphatic hydroxyl groups excluding tert-OH is 1. The molecule has 2 heterocycles. The number of rotatable bonds is 8. The summed E-state index contributed by atoms with van der Waals surface area (Å²) in [6.45, 7) is -0.114. The number of aliphatic hydroxyl groups is 1. The van der Waals surface area contributed by atoms with Gasteiger partial charge in [0.25, 0.3) is 0 Å². The van der Waals surface area contributed by atoms with Crippen molar-refractivity contribution in [3.05, 3.63) is 71.2 Å². The van der Waals surface area contributed by atoms with Crippen LogP contribution in [0.15, 0.2) is 42.7 Å². The maximum Gasteiger partial charge on any atom is 0.131 e. The predicted octanol–water partition coefficient (Wildman–Crippen LogP) is 3.96. The van der Waals surface area contributed by atoms with Crippen molar-refractivity contribution in [1.29, 1.82) is 10.7 Å². The summed E-state index contributed by atoms with van der Waals surface area (Å²) in [7, 11) is 0. The van der Waals surface area contributed by atoms with Gasteiger partial charge >= 0.3 is 0 Å². The molecule has 0 aliphatic heterocycles. The monoisotopic (exact) mass is 436 g/mol. The average molecular weight is 436 g/mol. The molecule has 0 spiro atoms. The zero-order valence-corrected chi connectivity index (χ0v) is 17.2. The first-order valence-electron chi connectivity index (χ1n) is 10.2. The Morgan fingerprint density at radius 3 is 2.62 bits per heavy atom. The Bertz CT molecular complexity index is 1170. The molecule has 4 rings (SSSR count). The van der Waals surface area contributed by atoms with Gasteiger partial charge < -0.3 is 25.7 Å². The predicted molar refractivity (Wildman–Crippen MR) is 117 cm³/mol. The highest BCUT2D eigenvalue weighted by atomic mass is 19.1. The first-order chi connectivity index (χ1) is 15.5. The molecule has 1 saturated carbocycles. The Hall–Kier alpha value is -3.77. The van der Waals surface area contributed by atoms with Crippen molar-refractivity contribution in [1.82, 2.24) is 9.55 Å². The van der Waals surface area contributed by atoms with E-state index in [-0.39, 0.29) is 18.7 Å². The van der Waals surface area contributed by atoms with Gasteiger partial charge in [-0.25, -0.2) is 13.8 Å². The molecule has 0 bridgehead atoms. The number of nitrogens with zero attached hydrogens (tertiary/aromatic N) is 3. The van der Waals surface area contributed by atoms with Crippen molar-refractivity contribution in [3.8, 4) is 11.8 Å². The lowest BCUT2D eigenvalue weighted by atomic mass is 9.77. The summed E-state index contributed by atoms with van der Waals surface area (Å²) in [5.74, 6) is -0.794. The Balaban J connectivity index is 1.65. The van der Waals surface area contributed by atoms with E-state index in [2.05, 4.69) is 21.7 Å². The van der Waals surface area contributed by atoms with E-state index in [9.17, 15) is 19.1 Å². The van der Waals surface area contributed by atoms with Gasteiger partial charge in [0.15, 0.2) is 0 Å². The standard InChI is InChI=1S/C23H22F2N6O/c24-17-3-1-4-18(25)16(17)13-28-19-5-8-31(21(19)11-27)20-9-22(29-12-15(20)10-26)30-23(14-32)6-2-7-23/h1,3-5,8-9,11-12,27-28,32H,2,6-7,13-14H2,(H,29,30). The Morgan fingerprint density at radius 1 is 1.28 bits per heavy atom. The normalized spacial score (nSPS) is 14.3. The first-order valence-corrected chi connectivity index (χ1v) is 10.2. The number of benzene rings is 1. The molecule has 0 unspecified atom stereocenters. The Kier molecular flexibility index (Phi) is 5.88. The zero-order chi connectivity index (χ0) is 22.7. The van der Waals surface area contributed by atoms with Crippen molar-refractivity contribution >= 4 is 17.7 Å². The zero-order valence-electron chi connectivity index (χ0n) is 17.2. The van der Waals surface area contributed by atoms with Crippen LogP contribution >= 0.6 is 0 Å². The van der Waals surface area contributed by atoms with Crippen LogP contribution in [0.4, 0.5) is 20.3 Å². The number of nitrogens with one attached hydrogen (secondary N) is 3. The molecule has 1 aliphatic rings. The molecule has 0 amide bonds. The lowest BCUT2D eigenvalue weighted by Gasteiger charge is -2.41. The molecule has 3 aromatic rings. The summed E-state index contributed by atoms with van der Waals surface area (Å²) < 4.78 is 29.5. The van der Waals surface area contributed by atoms with E-state index in [1.807, 2.05) is 0 Å². The van der Waals surface area contributed by atoms with E-state index < -0.39 is 17.2 Å². The van der Waals surface area contributed by atoms with Crippen LogP contribution in [0, 0.1) is 28.4 Å². The van der Waals surface area contributed by atoms with Gasteiger partial charge in [0.05, 0.1) is 34.8 Å². The van der Waals surface area contributed by atoms with Crippen molar-refractivity contribution in [2.24, 2.45) is 0 Å². The molecular formula is C23H22F2N6O. The van der Waals surface area contributed by atoms with Crippen LogP contribution < -0.4 is 10.6 Å². The van der Waals surface area contributed by atoms with E-state index in [0.29, 0.717) is 28.5 Å². The van der Waals surface area contributed by atoms with E-state index in [1.165, 1.54) is 24.4 Å². The summed E-state index contributed by atoms with van der Waals surface area (Å²) in [4.78, 5) is 4.29. The van der Waals surface area contributed by atoms with Crippen LogP contribution in [0.25, 0.3) is 5.69 Å². The highest BCUT2D eigenvalue weighted by Crippen LogP contribution is 2.35. The van der Waals surface area contributed by atoms with Crippen LogP contribution in [-0.2, 0) is 6.54 Å². The minimum absolute atomic E-state index is 0.0139. The molecule has 32 heavy (non-hydrogen) atoms. The highest BCUT2D eigenvalue weighted by Gasteiger charge is 2.36. The lowest BCUT2D eigenvalue weighted by molar-refractivity contribution is 0.144. The van der Waals surface area contributed by atoms with Crippen LogP contribution in [0.3, 0.4) is 0 Å². The van der Waals surface area contributed by atoms with Gasteiger partial charge in [0.2, 0.25) is 0 Å². The molecule has 4 N–H and O–H groups in total. The quantitative estimate of drug-likeness (QED) is 0.400. The van der Waals surface area contributed by atoms with Gasteiger partial charge in [0, 0.05) is 36.8 Å². The van der Waals surface area contributed by atoms with Crippen LogP contribution in [0.5, 0.6) is 0 Å². The third kappa shape index (κ3) is 3.92. The number of halogens is 2. The van der Waals surface area contributed by atoms with E-state index >= 15 is 0 Å². The van der Waals surface area contributed by atoms with Crippen molar-refractivity contribution in [2.45, 2.75) is 31.3 Å². The molecule has 0 atom stereocenters. The molecule has 1 aromatic carbocycles. The van der Waals surface area contributed by atoms with Gasteiger partial charge in [-0.3, -0.25) is 0 Å². The second kappa shape index (κ2) is 8.77. The Labute approximate surface area is 183 Å². The van der Waals surface area contributed by atoms with Gasteiger partial charge in [-0.2, -0.15) is 5.26 Å². The Morgan fingerprint density at radius 2 is 2.03 bits per heavy atom. The molecule has 1 fully saturated rings. The number of nitriles is 1. The van der Waals surface area contributed by atoms with Crippen LogP contribution in [0.1, 0.15) is 36.1 Å². The average Bonchev–Trinajstić information content (AvgIpc) is 3.18. The van der Waals surface area contributed by atoms with E-state index in [4.69, 9.17) is 5.41 Å². The van der Waals surface area contributed by atoms with Gasteiger partial charge in [-0.15, -0.1) is 0 Å². The summed E-state index contributed by atoms with van der Waals surface area (Å²) >= 11 is 0. The third-order valence-electron chi connectivity index (χ3n) is 5.85. The molecule has 7 nitrogen and oxygen atoms in total. The molecular weight excluding hydrogens is 414 g/mol. The summed E-state index contributed by atoms with van der Waals surface area (Å²) in [5.41, 5.74) is 1.20. The van der Waals surface area contributed by atoms with Crippen molar-refractivity contribution < 1.29 is 13.9 Å². The summed E-state index contributed by atoms with van der Waals surface area (Å²) in [6, 6.07) is 9.16. The number of pyridine rings is 1. The molecule has 9 heteroatoms. The van der Waals surface area contributed by atoms with Gasteiger partial charge in [0.1, 0.15) is 23.5 Å². The fraction of sp³-hybridized carbons (Fsp3) is 0.261. The smallest absolute Gasteiger partial charge is 0.131 e. The number of hydrogen-bond acceptors (Lipinski definition) is 6.